The fourth-order valence-corrected chi connectivity index (χ4v) is 4.18. The lowest BCUT2D eigenvalue weighted by Gasteiger charge is -2.12. The molecule has 4 rings (SSSR count). The smallest absolute Gasteiger partial charge is 0.251 e. The summed E-state index contributed by atoms with van der Waals surface area (Å²) in [5.41, 5.74) is 4.69. The van der Waals surface area contributed by atoms with E-state index < -0.39 is 0 Å². The predicted molar refractivity (Wildman–Crippen MR) is 120 cm³/mol. The van der Waals surface area contributed by atoms with Crippen LogP contribution >= 0.6 is 23.2 Å². The van der Waals surface area contributed by atoms with Crippen LogP contribution in [0.1, 0.15) is 27.4 Å². The molecule has 1 amide bonds. The highest BCUT2D eigenvalue weighted by atomic mass is 35.5. The molecule has 1 unspecified atom stereocenters. The van der Waals surface area contributed by atoms with E-state index in [9.17, 15) is 4.79 Å². The summed E-state index contributed by atoms with van der Waals surface area (Å²) in [5.74, 6) is 0.867. The minimum atomic E-state index is -0.203. The number of aliphatic hydroxyl groups excluding tert-OH is 1. The first-order chi connectivity index (χ1) is 14.5. The fourth-order valence-electron chi connectivity index (χ4n) is 3.69. The molecule has 3 aromatic carbocycles. The average Bonchev–Trinajstić information content (AvgIpc) is 3.16. The molecule has 1 aliphatic heterocycles. The monoisotopic (exact) mass is 441 g/mol. The van der Waals surface area contributed by atoms with Gasteiger partial charge in [0.2, 0.25) is 0 Å². The second kappa shape index (κ2) is 9.09. The topological polar surface area (TPSA) is 58.6 Å². The molecule has 0 bridgehead atoms. The van der Waals surface area contributed by atoms with E-state index in [-0.39, 0.29) is 25.0 Å². The lowest BCUT2D eigenvalue weighted by atomic mass is 9.91. The lowest BCUT2D eigenvalue weighted by Crippen LogP contribution is -2.26. The number of hydrogen-bond donors (Lipinski definition) is 2. The quantitative estimate of drug-likeness (QED) is 0.559. The van der Waals surface area contributed by atoms with Crippen LogP contribution in [0.3, 0.4) is 0 Å². The third-order valence-electron chi connectivity index (χ3n) is 5.23. The van der Waals surface area contributed by atoms with E-state index in [1.165, 1.54) is 0 Å². The van der Waals surface area contributed by atoms with Gasteiger partial charge in [-0.2, -0.15) is 0 Å². The minimum absolute atomic E-state index is 0.0880. The van der Waals surface area contributed by atoms with Crippen molar-refractivity contribution in [1.82, 2.24) is 5.32 Å². The first-order valence-electron chi connectivity index (χ1n) is 9.75. The number of ether oxygens (including phenoxy) is 1. The molecule has 3 aromatic rings. The van der Waals surface area contributed by atoms with Gasteiger partial charge in [-0.15, -0.1) is 0 Å². The Balaban J connectivity index is 1.60. The molecule has 6 heteroatoms. The van der Waals surface area contributed by atoms with Crippen molar-refractivity contribution in [2.45, 2.75) is 12.3 Å². The van der Waals surface area contributed by atoms with Gasteiger partial charge in [0.1, 0.15) is 5.75 Å². The van der Waals surface area contributed by atoms with Gasteiger partial charge in [-0.05, 0) is 59.5 Å². The van der Waals surface area contributed by atoms with Gasteiger partial charge in [-0.1, -0.05) is 47.5 Å². The molecule has 1 heterocycles. The van der Waals surface area contributed by atoms with Crippen LogP contribution in [0.15, 0.2) is 60.7 Å². The zero-order valence-electron chi connectivity index (χ0n) is 16.2. The van der Waals surface area contributed by atoms with Crippen molar-refractivity contribution in [1.29, 1.82) is 0 Å². The summed E-state index contributed by atoms with van der Waals surface area (Å²) in [6.07, 6.45) is 0.760. The molecule has 2 N–H and O–H groups in total. The Morgan fingerprint density at radius 3 is 2.70 bits per heavy atom. The largest absolute Gasteiger partial charge is 0.493 e. The number of carbonyl (C=O) groups excluding carboxylic acids is 1. The molecule has 0 radical (unpaired) electrons. The highest BCUT2D eigenvalue weighted by Crippen LogP contribution is 2.39. The van der Waals surface area contributed by atoms with Gasteiger partial charge >= 0.3 is 0 Å². The Bertz CT molecular complexity index is 1080. The van der Waals surface area contributed by atoms with Gasteiger partial charge in [-0.3, -0.25) is 4.79 Å². The van der Waals surface area contributed by atoms with Crippen LogP contribution in [-0.2, 0) is 6.42 Å². The molecule has 4 nitrogen and oxygen atoms in total. The van der Waals surface area contributed by atoms with Crippen molar-refractivity contribution in [3.8, 4) is 16.9 Å². The van der Waals surface area contributed by atoms with Crippen molar-refractivity contribution in [3.63, 3.8) is 0 Å². The van der Waals surface area contributed by atoms with Gasteiger partial charge in [-0.25, -0.2) is 0 Å². The number of hydrogen-bond acceptors (Lipinski definition) is 3. The summed E-state index contributed by atoms with van der Waals surface area (Å²) in [6.45, 7) is 0.741. The molecule has 0 fully saturated rings. The molecule has 1 atom stereocenters. The highest BCUT2D eigenvalue weighted by molar-refractivity contribution is 6.35. The van der Waals surface area contributed by atoms with Crippen LogP contribution < -0.4 is 10.1 Å². The second-order valence-electron chi connectivity index (χ2n) is 7.26. The van der Waals surface area contributed by atoms with E-state index in [1.807, 2.05) is 42.5 Å². The number of rotatable bonds is 6. The third-order valence-corrected chi connectivity index (χ3v) is 5.81. The molecule has 0 aromatic heterocycles. The third kappa shape index (κ3) is 4.46. The summed E-state index contributed by atoms with van der Waals surface area (Å²) in [4.78, 5) is 12.2. The van der Waals surface area contributed by atoms with E-state index in [0.29, 0.717) is 22.2 Å². The summed E-state index contributed by atoms with van der Waals surface area (Å²) >= 11 is 12.4. The van der Waals surface area contributed by atoms with Crippen LogP contribution in [-0.4, -0.2) is 30.8 Å². The van der Waals surface area contributed by atoms with E-state index in [0.717, 1.165) is 34.4 Å². The van der Waals surface area contributed by atoms with Crippen molar-refractivity contribution >= 4 is 29.1 Å². The van der Waals surface area contributed by atoms with Crippen molar-refractivity contribution < 1.29 is 14.6 Å². The number of halogens is 2. The molecule has 0 saturated heterocycles. The van der Waals surface area contributed by atoms with Gasteiger partial charge in [0.25, 0.3) is 5.91 Å². The summed E-state index contributed by atoms with van der Waals surface area (Å²) < 4.78 is 5.89. The zero-order chi connectivity index (χ0) is 21.1. The van der Waals surface area contributed by atoms with Crippen LogP contribution in [0.2, 0.25) is 10.0 Å². The Labute approximate surface area is 185 Å². The maximum atomic E-state index is 12.2. The Morgan fingerprint density at radius 1 is 1.07 bits per heavy atom. The summed E-state index contributed by atoms with van der Waals surface area (Å²) in [6, 6.07) is 19.1. The molecule has 0 spiro atoms. The molecule has 0 saturated carbocycles. The van der Waals surface area contributed by atoms with E-state index in [2.05, 4.69) is 11.4 Å². The zero-order valence-corrected chi connectivity index (χ0v) is 17.7. The Kier molecular flexibility index (Phi) is 6.28. The minimum Gasteiger partial charge on any atom is -0.493 e. The van der Waals surface area contributed by atoms with E-state index in [1.54, 1.807) is 12.1 Å². The highest BCUT2D eigenvalue weighted by Gasteiger charge is 2.25. The molecule has 154 valence electrons. The van der Waals surface area contributed by atoms with Crippen molar-refractivity contribution in [2.75, 3.05) is 19.8 Å². The van der Waals surface area contributed by atoms with Gasteiger partial charge in [0.15, 0.2) is 0 Å². The number of benzene rings is 3. The van der Waals surface area contributed by atoms with Gasteiger partial charge in [0.05, 0.1) is 13.2 Å². The van der Waals surface area contributed by atoms with Crippen LogP contribution in [0.5, 0.6) is 5.75 Å². The molecular weight excluding hydrogens is 421 g/mol. The fraction of sp³-hybridized carbons (Fsp3) is 0.208. The first kappa shape index (κ1) is 20.7. The molecule has 0 aliphatic carbocycles. The molecular formula is C24H21Cl2NO3. The molecule has 1 aliphatic rings. The van der Waals surface area contributed by atoms with Crippen LogP contribution in [0.25, 0.3) is 11.1 Å². The normalized spacial score (nSPS) is 14.8. The van der Waals surface area contributed by atoms with Crippen molar-refractivity contribution in [3.05, 3.63) is 87.4 Å². The van der Waals surface area contributed by atoms with E-state index in [4.69, 9.17) is 33.0 Å². The van der Waals surface area contributed by atoms with Gasteiger partial charge < -0.3 is 15.2 Å². The second-order valence-corrected chi connectivity index (χ2v) is 8.10. The first-order valence-corrected chi connectivity index (χ1v) is 10.5. The van der Waals surface area contributed by atoms with Gasteiger partial charge in [0, 0.05) is 33.6 Å². The summed E-state index contributed by atoms with van der Waals surface area (Å²) in [5, 5.41) is 12.9. The number of aliphatic hydroxyl groups is 1. The van der Waals surface area contributed by atoms with Crippen LogP contribution in [0, 0.1) is 0 Å². The molecule has 30 heavy (non-hydrogen) atoms. The Hall–Kier alpha value is -2.53. The maximum absolute atomic E-state index is 12.2. The average molecular weight is 442 g/mol. The lowest BCUT2D eigenvalue weighted by molar-refractivity contribution is 0.0945. The maximum Gasteiger partial charge on any atom is 0.251 e. The number of amides is 1. The van der Waals surface area contributed by atoms with E-state index >= 15 is 0 Å². The SMILES string of the molecule is O=C(NCCO)c1cccc(-c2ccc3c(c2)C(Cc2ccc(Cl)cc2Cl)CO3)c1. The number of nitrogens with one attached hydrogen (secondary N) is 1. The standard InChI is InChI=1S/C24H21Cl2NO3/c25-20-6-4-17(22(26)13-20)11-19-14-30-23-7-5-16(12-21(19)23)15-2-1-3-18(10-15)24(29)27-8-9-28/h1-7,10,12-13,19,28H,8-9,11,14H2,(H,27,29). The Morgan fingerprint density at radius 2 is 1.90 bits per heavy atom. The summed E-state index contributed by atoms with van der Waals surface area (Å²) in [7, 11) is 0. The van der Waals surface area contributed by atoms with Crippen molar-refractivity contribution in [2.24, 2.45) is 0 Å². The van der Waals surface area contributed by atoms with Crippen LogP contribution in [0.4, 0.5) is 0 Å². The predicted octanol–water partition coefficient (Wildman–Crippen LogP) is 5.10. The number of carbonyl (C=O) groups is 1. The number of fused-ring (bicyclic) bond motifs is 1.